The van der Waals surface area contributed by atoms with Crippen molar-refractivity contribution in [2.24, 2.45) is 0 Å². The summed E-state index contributed by atoms with van der Waals surface area (Å²) in [5, 5.41) is 0. The van der Waals surface area contributed by atoms with Gasteiger partial charge in [-0.15, -0.1) is 0 Å². The second-order valence-corrected chi connectivity index (χ2v) is 6.57. The Kier molecular flexibility index (Phi) is 7.59. The lowest BCUT2D eigenvalue weighted by Gasteiger charge is -2.24. The van der Waals surface area contributed by atoms with Crippen molar-refractivity contribution in [2.45, 2.75) is 6.42 Å². The summed E-state index contributed by atoms with van der Waals surface area (Å²) in [6.45, 7) is 1.12. The molecule has 0 radical (unpaired) electrons. The van der Waals surface area contributed by atoms with Gasteiger partial charge in [-0.3, -0.25) is 0 Å². The highest BCUT2D eigenvalue weighted by Gasteiger charge is 2.11. The number of quaternary nitrogens is 1. The van der Waals surface area contributed by atoms with E-state index in [1.165, 1.54) is 5.56 Å². The quantitative estimate of drug-likeness (QED) is 0.452. The third-order valence-corrected chi connectivity index (χ3v) is 3.51. The number of ether oxygens (including phenoxy) is 1. The molecule has 98 valence electrons. The van der Waals surface area contributed by atoms with E-state index in [0.717, 1.165) is 32.1 Å². The lowest BCUT2D eigenvalue weighted by Crippen LogP contribution is -3.00. The Morgan fingerprint density at radius 3 is 1.94 bits per heavy atom. The molecule has 0 saturated carbocycles. The minimum atomic E-state index is 0. The second-order valence-electron chi connectivity index (χ2n) is 4.86. The smallest absolute Gasteiger partial charge is 0.147 e. The van der Waals surface area contributed by atoms with E-state index in [0.29, 0.717) is 0 Å². The highest BCUT2D eigenvalue weighted by atomic mass is 127. The molecule has 0 spiro atoms. The lowest BCUT2D eigenvalue weighted by molar-refractivity contribution is -0.870. The first-order valence-corrected chi connectivity index (χ1v) is 6.74. The average molecular weight is 479 g/mol. The van der Waals surface area contributed by atoms with Crippen LogP contribution < -0.4 is 28.7 Å². The number of benzene rings is 1. The largest absolute Gasteiger partial charge is 1.00 e. The minimum Gasteiger partial charge on any atom is -1.00 e. The Bertz CT molecular complexity index is 354. The summed E-state index contributed by atoms with van der Waals surface area (Å²) >= 11 is 7.04. The molecular weight excluding hydrogens is 461 g/mol. The molecule has 0 heterocycles. The number of halogens is 3. The molecule has 0 unspecified atom stereocenters. The fraction of sp³-hybridized carbons (Fsp3) is 0.500. The van der Waals surface area contributed by atoms with E-state index < -0.39 is 0 Å². The number of nitrogens with zero attached hydrogens (tertiary/aromatic N) is 1. The summed E-state index contributed by atoms with van der Waals surface area (Å²) in [5.74, 6) is 0.856. The molecule has 0 bridgehead atoms. The molecule has 0 atom stereocenters. The summed E-state index contributed by atoms with van der Waals surface area (Å²) in [5.41, 5.74) is 1.31. The normalized spacial score (nSPS) is 10.9. The Labute approximate surface area is 138 Å². The van der Waals surface area contributed by atoms with E-state index in [-0.39, 0.29) is 24.0 Å². The van der Waals surface area contributed by atoms with Crippen LogP contribution >= 0.6 is 31.9 Å². The zero-order valence-electron chi connectivity index (χ0n) is 10.6. The highest BCUT2D eigenvalue weighted by molar-refractivity contribution is 9.11. The van der Waals surface area contributed by atoms with Gasteiger partial charge in [-0.25, -0.2) is 0 Å². The standard InChI is InChI=1S/C12H18Br2NO.HI/c1-15(2,3)6-5-9-7-10(13)12(16-4)11(14)8-9;/h7-8H,5-6H2,1-4H3;1H/q+1;/p-1. The SMILES string of the molecule is COc1c(Br)cc(CC[N+](C)(C)C)cc1Br.[I-]. The van der Waals surface area contributed by atoms with Crippen LogP contribution in [0.1, 0.15) is 5.56 Å². The highest BCUT2D eigenvalue weighted by Crippen LogP contribution is 2.34. The van der Waals surface area contributed by atoms with Crippen LogP contribution in [0.4, 0.5) is 0 Å². The van der Waals surface area contributed by atoms with Crippen LogP contribution in [-0.4, -0.2) is 39.3 Å². The third kappa shape index (κ3) is 5.89. The molecule has 17 heavy (non-hydrogen) atoms. The number of hydrogen-bond donors (Lipinski definition) is 0. The van der Waals surface area contributed by atoms with E-state index in [9.17, 15) is 0 Å². The topological polar surface area (TPSA) is 9.23 Å². The maximum absolute atomic E-state index is 5.28. The lowest BCUT2D eigenvalue weighted by atomic mass is 10.1. The van der Waals surface area contributed by atoms with E-state index in [1.807, 2.05) is 0 Å². The second kappa shape index (κ2) is 7.31. The molecule has 0 saturated heterocycles. The van der Waals surface area contributed by atoms with Gasteiger partial charge in [0, 0.05) is 6.42 Å². The number of methoxy groups -OCH3 is 1. The van der Waals surface area contributed by atoms with Crippen molar-refractivity contribution >= 4 is 31.9 Å². The van der Waals surface area contributed by atoms with E-state index in [2.05, 4.69) is 65.1 Å². The van der Waals surface area contributed by atoms with Gasteiger partial charge in [-0.2, -0.15) is 0 Å². The molecule has 0 aromatic heterocycles. The van der Waals surface area contributed by atoms with E-state index in [1.54, 1.807) is 7.11 Å². The van der Waals surface area contributed by atoms with Gasteiger partial charge in [0.05, 0.1) is 43.7 Å². The van der Waals surface area contributed by atoms with Gasteiger partial charge in [-0.05, 0) is 49.6 Å². The molecule has 1 aromatic carbocycles. The summed E-state index contributed by atoms with van der Waals surface area (Å²) in [7, 11) is 8.28. The molecular formula is C12H18Br2INO. The predicted molar refractivity (Wildman–Crippen MR) is 75.0 cm³/mol. The van der Waals surface area contributed by atoms with Crippen LogP contribution in [-0.2, 0) is 6.42 Å². The minimum absolute atomic E-state index is 0. The zero-order chi connectivity index (χ0) is 12.3. The van der Waals surface area contributed by atoms with Crippen molar-refractivity contribution in [3.8, 4) is 5.75 Å². The van der Waals surface area contributed by atoms with Crippen molar-refractivity contribution in [3.05, 3.63) is 26.6 Å². The molecule has 1 aromatic rings. The van der Waals surface area contributed by atoms with Crippen LogP contribution in [0.25, 0.3) is 0 Å². The van der Waals surface area contributed by atoms with Gasteiger partial charge >= 0.3 is 0 Å². The van der Waals surface area contributed by atoms with Crippen LogP contribution in [0.15, 0.2) is 21.1 Å². The van der Waals surface area contributed by atoms with Crippen LogP contribution in [0.3, 0.4) is 0 Å². The first-order chi connectivity index (χ1) is 7.33. The molecule has 2 nitrogen and oxygen atoms in total. The summed E-state index contributed by atoms with van der Waals surface area (Å²) in [6.07, 6.45) is 1.06. The Balaban J connectivity index is 0.00000256. The van der Waals surface area contributed by atoms with Crippen molar-refractivity contribution in [3.63, 3.8) is 0 Å². The summed E-state index contributed by atoms with van der Waals surface area (Å²) in [4.78, 5) is 0. The molecule has 1 rings (SSSR count). The first kappa shape index (κ1) is 17.7. The van der Waals surface area contributed by atoms with Gasteiger partial charge in [0.15, 0.2) is 0 Å². The van der Waals surface area contributed by atoms with Gasteiger partial charge in [0.2, 0.25) is 0 Å². The van der Waals surface area contributed by atoms with Crippen LogP contribution in [0, 0.1) is 0 Å². The van der Waals surface area contributed by atoms with Crippen molar-refractivity contribution in [2.75, 3.05) is 34.8 Å². The van der Waals surface area contributed by atoms with Crippen LogP contribution in [0.5, 0.6) is 5.75 Å². The number of rotatable bonds is 4. The molecule has 0 fully saturated rings. The van der Waals surface area contributed by atoms with Crippen molar-refractivity contribution < 1.29 is 33.2 Å². The van der Waals surface area contributed by atoms with Gasteiger partial charge in [-0.1, -0.05) is 0 Å². The van der Waals surface area contributed by atoms with E-state index >= 15 is 0 Å². The number of hydrogen-bond acceptors (Lipinski definition) is 1. The monoisotopic (exact) mass is 477 g/mol. The fourth-order valence-corrected chi connectivity index (χ4v) is 3.02. The zero-order valence-corrected chi connectivity index (χ0v) is 15.9. The van der Waals surface area contributed by atoms with Crippen molar-refractivity contribution in [1.29, 1.82) is 0 Å². The Hall–Kier alpha value is 0.670. The third-order valence-electron chi connectivity index (χ3n) is 2.33. The molecule has 0 N–H and O–H groups in total. The van der Waals surface area contributed by atoms with Crippen LogP contribution in [0.2, 0.25) is 0 Å². The molecule has 0 aliphatic carbocycles. The molecule has 0 aliphatic heterocycles. The molecule has 0 aliphatic rings. The average Bonchev–Trinajstić information content (AvgIpc) is 2.13. The Morgan fingerprint density at radius 1 is 1.12 bits per heavy atom. The van der Waals surface area contributed by atoms with Gasteiger partial charge < -0.3 is 33.2 Å². The maximum atomic E-state index is 5.28. The predicted octanol–water partition coefficient (Wildman–Crippen LogP) is 0.473. The number of likely N-dealkylation sites (N-methyl/N-ethyl adjacent to an activating group) is 1. The summed E-state index contributed by atoms with van der Waals surface area (Å²) in [6, 6.07) is 4.25. The summed E-state index contributed by atoms with van der Waals surface area (Å²) < 4.78 is 8.25. The fourth-order valence-electron chi connectivity index (χ4n) is 1.42. The Morgan fingerprint density at radius 2 is 1.59 bits per heavy atom. The van der Waals surface area contributed by atoms with Crippen molar-refractivity contribution in [1.82, 2.24) is 0 Å². The maximum Gasteiger partial charge on any atom is 0.147 e. The molecule has 5 heteroatoms. The van der Waals surface area contributed by atoms with E-state index in [4.69, 9.17) is 4.74 Å². The molecule has 0 amide bonds. The van der Waals surface area contributed by atoms with Gasteiger partial charge in [0.1, 0.15) is 5.75 Å². The van der Waals surface area contributed by atoms with Gasteiger partial charge in [0.25, 0.3) is 0 Å². The first-order valence-electron chi connectivity index (χ1n) is 5.16.